The zero-order valence-corrected chi connectivity index (χ0v) is 20.2. The highest BCUT2D eigenvalue weighted by Gasteiger charge is 2.35. The molecule has 2 amide bonds. The quantitative estimate of drug-likeness (QED) is 0.474. The number of benzene rings is 3. The highest BCUT2D eigenvalue weighted by molar-refractivity contribution is 7.89. The van der Waals surface area contributed by atoms with E-state index in [0.29, 0.717) is 17.8 Å². The summed E-state index contributed by atoms with van der Waals surface area (Å²) in [7, 11) is -3.69. The summed E-state index contributed by atoms with van der Waals surface area (Å²) in [6.45, 7) is 0.390. The Kier molecular flexibility index (Phi) is 7.49. The number of halogens is 2. The molecule has 4 rings (SSSR count). The molecule has 35 heavy (non-hydrogen) atoms. The second-order valence-electron chi connectivity index (χ2n) is 8.15. The first-order valence-electron chi connectivity index (χ1n) is 10.9. The van der Waals surface area contributed by atoms with Gasteiger partial charge in [-0.25, -0.2) is 17.5 Å². The predicted octanol–water partition coefficient (Wildman–Crippen LogP) is 3.99. The molecule has 3 aromatic carbocycles. The van der Waals surface area contributed by atoms with Crippen LogP contribution in [-0.2, 0) is 26.0 Å². The van der Waals surface area contributed by atoms with Crippen LogP contribution >= 0.6 is 11.6 Å². The van der Waals surface area contributed by atoms with Crippen LogP contribution in [0, 0.1) is 11.7 Å². The zero-order chi connectivity index (χ0) is 25.0. The highest BCUT2D eigenvalue weighted by atomic mass is 35.5. The molecule has 1 atom stereocenters. The van der Waals surface area contributed by atoms with Crippen molar-refractivity contribution in [2.75, 3.05) is 23.3 Å². The normalized spacial score (nSPS) is 15.9. The lowest BCUT2D eigenvalue weighted by atomic mass is 10.1. The maximum absolute atomic E-state index is 13.4. The van der Waals surface area contributed by atoms with Crippen molar-refractivity contribution in [1.82, 2.24) is 4.72 Å². The first-order valence-corrected chi connectivity index (χ1v) is 12.8. The topological polar surface area (TPSA) is 95.6 Å². The molecule has 0 radical (unpaired) electrons. The smallest absolute Gasteiger partial charge is 0.240 e. The van der Waals surface area contributed by atoms with Crippen LogP contribution in [0.3, 0.4) is 0 Å². The van der Waals surface area contributed by atoms with E-state index in [9.17, 15) is 22.4 Å². The van der Waals surface area contributed by atoms with Crippen molar-refractivity contribution in [3.8, 4) is 0 Å². The monoisotopic (exact) mass is 515 g/mol. The summed E-state index contributed by atoms with van der Waals surface area (Å²) in [5, 5.41) is 2.62. The number of nitrogens with zero attached hydrogens (tertiary/aromatic N) is 1. The Bertz CT molecular complexity index is 1330. The predicted molar refractivity (Wildman–Crippen MR) is 132 cm³/mol. The minimum absolute atomic E-state index is 0.00136. The van der Waals surface area contributed by atoms with Gasteiger partial charge in [-0.15, -0.1) is 0 Å². The third-order valence-corrected chi connectivity index (χ3v) is 7.46. The Hall–Kier alpha value is -3.27. The first-order chi connectivity index (χ1) is 16.7. The number of carbonyl (C=O) groups is 2. The fourth-order valence-corrected chi connectivity index (χ4v) is 5.01. The molecular weight excluding hydrogens is 493 g/mol. The Morgan fingerprint density at radius 3 is 2.46 bits per heavy atom. The first kappa shape index (κ1) is 24.8. The average molecular weight is 516 g/mol. The van der Waals surface area contributed by atoms with E-state index in [0.717, 1.165) is 5.56 Å². The fourth-order valence-electron chi connectivity index (χ4n) is 3.81. The number of carbonyl (C=O) groups excluding carboxylic acids is 2. The number of hydrogen-bond acceptors (Lipinski definition) is 4. The molecule has 10 heteroatoms. The Balaban J connectivity index is 1.33. The van der Waals surface area contributed by atoms with Gasteiger partial charge in [0, 0.05) is 30.9 Å². The van der Waals surface area contributed by atoms with Crippen molar-refractivity contribution < 1.29 is 22.4 Å². The van der Waals surface area contributed by atoms with Gasteiger partial charge in [0.1, 0.15) is 5.82 Å². The van der Waals surface area contributed by atoms with E-state index in [1.54, 1.807) is 0 Å². The number of amides is 2. The second kappa shape index (κ2) is 10.6. The number of rotatable bonds is 8. The maximum atomic E-state index is 13.4. The molecule has 1 aliphatic rings. The van der Waals surface area contributed by atoms with Crippen molar-refractivity contribution in [2.45, 2.75) is 17.7 Å². The van der Waals surface area contributed by atoms with Crippen LogP contribution in [0.25, 0.3) is 0 Å². The average Bonchev–Trinajstić information content (AvgIpc) is 3.23. The van der Waals surface area contributed by atoms with Gasteiger partial charge in [-0.3, -0.25) is 9.59 Å². The summed E-state index contributed by atoms with van der Waals surface area (Å²) in [6, 6.07) is 19.3. The van der Waals surface area contributed by atoms with Gasteiger partial charge in [0.2, 0.25) is 21.8 Å². The summed E-state index contributed by atoms with van der Waals surface area (Å²) >= 11 is 5.81. The Morgan fingerprint density at radius 2 is 1.77 bits per heavy atom. The van der Waals surface area contributed by atoms with E-state index in [-0.39, 0.29) is 41.2 Å². The van der Waals surface area contributed by atoms with Crippen LogP contribution in [0.15, 0.2) is 77.7 Å². The largest absolute Gasteiger partial charge is 0.326 e. The molecule has 7 nitrogen and oxygen atoms in total. The summed E-state index contributed by atoms with van der Waals surface area (Å²) in [5.74, 6) is -1.84. The summed E-state index contributed by atoms with van der Waals surface area (Å²) < 4.78 is 41.1. The number of sulfonamides is 1. The van der Waals surface area contributed by atoms with Gasteiger partial charge < -0.3 is 10.2 Å². The highest BCUT2D eigenvalue weighted by Crippen LogP contribution is 2.29. The zero-order valence-electron chi connectivity index (χ0n) is 18.6. The Labute approximate surface area is 208 Å². The van der Waals surface area contributed by atoms with Gasteiger partial charge in [-0.2, -0.15) is 0 Å². The minimum atomic E-state index is -3.69. The molecule has 1 aliphatic heterocycles. The number of nitrogens with one attached hydrogen (secondary N) is 2. The third kappa shape index (κ3) is 6.05. The van der Waals surface area contributed by atoms with Crippen LogP contribution in [0.1, 0.15) is 12.0 Å². The van der Waals surface area contributed by atoms with Crippen LogP contribution in [0.5, 0.6) is 0 Å². The number of anilines is 2. The van der Waals surface area contributed by atoms with Gasteiger partial charge in [-0.05, 0) is 54.4 Å². The molecule has 0 bridgehead atoms. The molecule has 0 aromatic heterocycles. The molecule has 1 heterocycles. The van der Waals surface area contributed by atoms with Crippen molar-refractivity contribution in [2.24, 2.45) is 5.92 Å². The van der Waals surface area contributed by atoms with Crippen molar-refractivity contribution >= 4 is 44.8 Å². The molecule has 0 aliphatic carbocycles. The molecule has 0 spiro atoms. The van der Waals surface area contributed by atoms with Crippen molar-refractivity contribution in [3.05, 3.63) is 89.2 Å². The molecule has 3 aromatic rings. The number of hydrogen-bond donors (Lipinski definition) is 2. The van der Waals surface area contributed by atoms with Gasteiger partial charge in [0.15, 0.2) is 0 Å². The van der Waals surface area contributed by atoms with Gasteiger partial charge >= 0.3 is 0 Å². The molecule has 1 fully saturated rings. The molecule has 1 saturated heterocycles. The molecule has 2 N–H and O–H groups in total. The lowest BCUT2D eigenvalue weighted by Gasteiger charge is -2.17. The van der Waals surface area contributed by atoms with Gasteiger partial charge in [0.25, 0.3) is 0 Å². The van der Waals surface area contributed by atoms with E-state index in [1.807, 2.05) is 30.3 Å². The summed E-state index contributed by atoms with van der Waals surface area (Å²) in [4.78, 5) is 26.6. The maximum Gasteiger partial charge on any atom is 0.240 e. The SMILES string of the molecule is O=C(Nc1ccc(S(=O)(=O)NCCc2ccccc2)cc1)C1CC(=O)N(c2ccc(F)c(Cl)c2)C1. The lowest BCUT2D eigenvalue weighted by Crippen LogP contribution is -2.28. The third-order valence-electron chi connectivity index (χ3n) is 5.69. The fraction of sp³-hybridized carbons (Fsp3) is 0.200. The van der Waals surface area contributed by atoms with E-state index in [1.165, 1.54) is 47.4 Å². The summed E-state index contributed by atoms with van der Waals surface area (Å²) in [6.07, 6.45) is 0.564. The van der Waals surface area contributed by atoms with E-state index in [2.05, 4.69) is 10.0 Å². The molecule has 0 saturated carbocycles. The van der Waals surface area contributed by atoms with Gasteiger partial charge in [-0.1, -0.05) is 41.9 Å². The Morgan fingerprint density at radius 1 is 1.06 bits per heavy atom. The minimum Gasteiger partial charge on any atom is -0.326 e. The van der Waals surface area contributed by atoms with Crippen LogP contribution in [-0.4, -0.2) is 33.3 Å². The van der Waals surface area contributed by atoms with Gasteiger partial charge in [0.05, 0.1) is 15.8 Å². The summed E-state index contributed by atoms with van der Waals surface area (Å²) in [5.41, 5.74) is 1.86. The molecular formula is C25H23ClFN3O4S. The van der Waals surface area contributed by atoms with Crippen LogP contribution in [0.4, 0.5) is 15.8 Å². The van der Waals surface area contributed by atoms with Crippen LogP contribution in [0.2, 0.25) is 5.02 Å². The van der Waals surface area contributed by atoms with Crippen molar-refractivity contribution in [1.29, 1.82) is 0 Å². The van der Waals surface area contributed by atoms with Crippen LogP contribution < -0.4 is 14.9 Å². The van der Waals surface area contributed by atoms with E-state index >= 15 is 0 Å². The standard InChI is InChI=1S/C25H23ClFN3O4S/c26-22-15-20(8-11-23(22)27)30-16-18(14-24(30)31)25(32)29-19-6-9-21(10-7-19)35(33,34)28-13-12-17-4-2-1-3-5-17/h1-11,15,18,28H,12-14,16H2,(H,29,32). The van der Waals surface area contributed by atoms with E-state index in [4.69, 9.17) is 11.6 Å². The molecule has 1 unspecified atom stereocenters. The second-order valence-corrected chi connectivity index (χ2v) is 10.3. The van der Waals surface area contributed by atoms with Crippen molar-refractivity contribution in [3.63, 3.8) is 0 Å². The molecule has 182 valence electrons. The lowest BCUT2D eigenvalue weighted by molar-refractivity contribution is -0.122. The van der Waals surface area contributed by atoms with E-state index < -0.39 is 21.8 Å².